The molecule has 2 aliphatic rings. The number of hydrogen-bond acceptors (Lipinski definition) is 4. The maximum atomic E-state index is 13.0. The zero-order valence-corrected chi connectivity index (χ0v) is 18.2. The van der Waals surface area contributed by atoms with E-state index in [1.807, 2.05) is 4.90 Å². The van der Waals surface area contributed by atoms with Crippen LogP contribution in [0.3, 0.4) is 0 Å². The van der Waals surface area contributed by atoms with Crippen molar-refractivity contribution >= 4 is 52.3 Å². The molecule has 2 aromatic rings. The van der Waals surface area contributed by atoms with Crippen molar-refractivity contribution in [1.29, 1.82) is 0 Å². The molecule has 2 aromatic carbocycles. The van der Waals surface area contributed by atoms with Crippen LogP contribution in [0.2, 0.25) is 5.02 Å². The van der Waals surface area contributed by atoms with Crippen LogP contribution in [0.1, 0.15) is 36.0 Å². The van der Waals surface area contributed by atoms with E-state index in [0.29, 0.717) is 11.3 Å². The van der Waals surface area contributed by atoms with Gasteiger partial charge < -0.3 is 10.2 Å². The predicted molar refractivity (Wildman–Crippen MR) is 121 cm³/mol. The van der Waals surface area contributed by atoms with Crippen molar-refractivity contribution in [3.8, 4) is 0 Å². The number of benzene rings is 2. The molecule has 0 bridgehead atoms. The van der Waals surface area contributed by atoms with Gasteiger partial charge in [-0.2, -0.15) is 0 Å². The lowest BCUT2D eigenvalue weighted by Gasteiger charge is -2.20. The van der Waals surface area contributed by atoms with Crippen LogP contribution in [0.4, 0.5) is 11.4 Å². The molecule has 1 N–H and O–H groups in total. The number of hydrogen-bond donors (Lipinski definition) is 1. The fourth-order valence-corrected chi connectivity index (χ4v) is 4.23. The summed E-state index contributed by atoms with van der Waals surface area (Å²) in [5.41, 5.74) is 1.23. The Morgan fingerprint density at radius 3 is 2.29 bits per heavy atom. The van der Waals surface area contributed by atoms with Crippen molar-refractivity contribution in [1.82, 2.24) is 4.90 Å². The van der Waals surface area contributed by atoms with Crippen molar-refractivity contribution in [2.75, 3.05) is 23.3 Å². The van der Waals surface area contributed by atoms with Gasteiger partial charge in [0.25, 0.3) is 17.7 Å². The molecular weight excluding hydrogens is 437 g/mol. The summed E-state index contributed by atoms with van der Waals surface area (Å²) < 4.78 is 0. The first-order valence-electron chi connectivity index (χ1n) is 10.2. The van der Waals surface area contributed by atoms with E-state index in [2.05, 4.69) is 5.32 Å². The molecule has 8 heteroatoms. The number of nitrogens with one attached hydrogen (secondary N) is 1. The highest BCUT2D eigenvalue weighted by molar-refractivity contribution is 6.53. The van der Waals surface area contributed by atoms with Gasteiger partial charge in [0.2, 0.25) is 0 Å². The minimum Gasteiger partial charge on any atom is -0.350 e. The monoisotopic (exact) mass is 457 g/mol. The SMILES string of the molecule is O=C(c1cccc(NC2=C(Cl)C(=O)N(c3ccccc3Cl)C2=O)c1)N1CCCCCC1. The molecule has 0 aliphatic carbocycles. The lowest BCUT2D eigenvalue weighted by molar-refractivity contribution is -0.120. The van der Waals surface area contributed by atoms with Crippen LogP contribution >= 0.6 is 23.2 Å². The number of imide groups is 1. The Balaban J connectivity index is 1.56. The van der Waals surface area contributed by atoms with Crippen molar-refractivity contribution in [2.24, 2.45) is 0 Å². The number of halogens is 2. The predicted octanol–water partition coefficient (Wildman–Crippen LogP) is 4.79. The highest BCUT2D eigenvalue weighted by Crippen LogP contribution is 2.34. The number of carbonyl (C=O) groups is 3. The van der Waals surface area contributed by atoms with E-state index in [-0.39, 0.29) is 27.3 Å². The van der Waals surface area contributed by atoms with E-state index in [9.17, 15) is 14.4 Å². The van der Waals surface area contributed by atoms with Gasteiger partial charge in [-0.1, -0.05) is 54.2 Å². The topological polar surface area (TPSA) is 69.7 Å². The minimum absolute atomic E-state index is 0.0443. The second kappa shape index (κ2) is 9.12. The average molecular weight is 458 g/mol. The molecular formula is C23H21Cl2N3O3. The van der Waals surface area contributed by atoms with Gasteiger partial charge in [-0.25, -0.2) is 4.90 Å². The largest absolute Gasteiger partial charge is 0.350 e. The van der Waals surface area contributed by atoms with Gasteiger partial charge in [-0.3, -0.25) is 14.4 Å². The van der Waals surface area contributed by atoms with E-state index in [1.54, 1.807) is 48.5 Å². The molecule has 4 rings (SSSR count). The molecule has 0 radical (unpaired) electrons. The summed E-state index contributed by atoms with van der Waals surface area (Å²) in [5, 5.41) is 2.96. The maximum absolute atomic E-state index is 13.0. The van der Waals surface area contributed by atoms with E-state index in [0.717, 1.165) is 43.7 Å². The van der Waals surface area contributed by atoms with Crippen LogP contribution < -0.4 is 10.2 Å². The first kappa shape index (κ1) is 21.4. The Morgan fingerprint density at radius 2 is 1.58 bits per heavy atom. The second-order valence-electron chi connectivity index (χ2n) is 7.50. The molecule has 6 nitrogen and oxygen atoms in total. The molecule has 0 saturated carbocycles. The molecule has 2 heterocycles. The van der Waals surface area contributed by atoms with Crippen LogP contribution in [0.25, 0.3) is 0 Å². The quantitative estimate of drug-likeness (QED) is 0.669. The highest BCUT2D eigenvalue weighted by Gasteiger charge is 2.39. The molecule has 1 fully saturated rings. The van der Waals surface area contributed by atoms with Gasteiger partial charge in [0.15, 0.2) is 0 Å². The third-order valence-corrected chi connectivity index (χ3v) is 6.06. The summed E-state index contributed by atoms with van der Waals surface area (Å²) in [6.45, 7) is 1.49. The van der Waals surface area contributed by atoms with E-state index in [4.69, 9.17) is 23.2 Å². The molecule has 1 saturated heterocycles. The van der Waals surface area contributed by atoms with Crippen molar-refractivity contribution in [3.05, 3.63) is 69.8 Å². The lowest BCUT2D eigenvalue weighted by atomic mass is 10.1. The van der Waals surface area contributed by atoms with Crippen LogP contribution in [0.5, 0.6) is 0 Å². The third kappa shape index (κ3) is 4.31. The van der Waals surface area contributed by atoms with Crippen LogP contribution in [0.15, 0.2) is 59.3 Å². The van der Waals surface area contributed by atoms with Crippen molar-refractivity contribution in [3.63, 3.8) is 0 Å². The summed E-state index contributed by atoms with van der Waals surface area (Å²) in [6, 6.07) is 13.4. The standard InChI is InChI=1S/C23H21Cl2N3O3/c24-17-10-3-4-11-18(17)28-22(30)19(25)20(23(28)31)26-16-9-7-8-15(14-16)21(29)27-12-5-1-2-6-13-27/h3-4,7-11,14,26H,1-2,5-6,12-13H2. The summed E-state index contributed by atoms with van der Waals surface area (Å²) in [5.74, 6) is -1.30. The number of carbonyl (C=O) groups excluding carboxylic acids is 3. The summed E-state index contributed by atoms with van der Waals surface area (Å²) in [6.07, 6.45) is 4.27. The van der Waals surface area contributed by atoms with E-state index in [1.165, 1.54) is 0 Å². The molecule has 0 atom stereocenters. The van der Waals surface area contributed by atoms with E-state index >= 15 is 0 Å². The second-order valence-corrected chi connectivity index (χ2v) is 8.28. The number of para-hydroxylation sites is 1. The summed E-state index contributed by atoms with van der Waals surface area (Å²) in [4.78, 5) is 41.3. The Bertz CT molecular complexity index is 1080. The Labute approximate surface area is 190 Å². The normalized spacial score (nSPS) is 17.2. The smallest absolute Gasteiger partial charge is 0.283 e. The van der Waals surface area contributed by atoms with Crippen molar-refractivity contribution < 1.29 is 14.4 Å². The molecule has 31 heavy (non-hydrogen) atoms. The van der Waals surface area contributed by atoms with Gasteiger partial charge in [0, 0.05) is 24.3 Å². The highest BCUT2D eigenvalue weighted by atomic mass is 35.5. The lowest BCUT2D eigenvalue weighted by Crippen LogP contribution is -2.32. The Kier molecular flexibility index (Phi) is 6.30. The first-order valence-corrected chi connectivity index (χ1v) is 10.9. The van der Waals surface area contributed by atoms with Gasteiger partial charge in [0.1, 0.15) is 10.7 Å². The number of anilines is 2. The molecule has 0 aromatic heterocycles. The fraction of sp³-hybridized carbons (Fsp3) is 0.261. The zero-order chi connectivity index (χ0) is 22.0. The number of rotatable bonds is 4. The fourth-order valence-electron chi connectivity index (χ4n) is 3.79. The van der Waals surface area contributed by atoms with Crippen LogP contribution in [-0.4, -0.2) is 35.7 Å². The molecule has 0 unspecified atom stereocenters. The molecule has 3 amide bonds. The molecule has 2 aliphatic heterocycles. The van der Waals surface area contributed by atoms with Gasteiger partial charge in [0.05, 0.1) is 10.7 Å². The molecule has 160 valence electrons. The van der Waals surface area contributed by atoms with Crippen LogP contribution in [0, 0.1) is 0 Å². The van der Waals surface area contributed by atoms with Crippen LogP contribution in [-0.2, 0) is 9.59 Å². The van der Waals surface area contributed by atoms with E-state index < -0.39 is 11.8 Å². The Morgan fingerprint density at radius 1 is 0.871 bits per heavy atom. The summed E-state index contributed by atoms with van der Waals surface area (Å²) >= 11 is 12.4. The van der Waals surface area contributed by atoms with Gasteiger partial charge >= 0.3 is 0 Å². The van der Waals surface area contributed by atoms with Crippen molar-refractivity contribution in [2.45, 2.75) is 25.7 Å². The number of nitrogens with zero attached hydrogens (tertiary/aromatic N) is 2. The number of likely N-dealkylation sites (tertiary alicyclic amines) is 1. The summed E-state index contributed by atoms with van der Waals surface area (Å²) in [7, 11) is 0. The maximum Gasteiger partial charge on any atom is 0.283 e. The third-order valence-electron chi connectivity index (χ3n) is 5.39. The van der Waals surface area contributed by atoms with Gasteiger partial charge in [-0.05, 0) is 43.2 Å². The van der Waals surface area contributed by atoms with Gasteiger partial charge in [-0.15, -0.1) is 0 Å². The zero-order valence-electron chi connectivity index (χ0n) is 16.7. The number of amides is 3. The minimum atomic E-state index is -0.654. The molecule has 0 spiro atoms. The first-order chi connectivity index (χ1) is 15.0. The average Bonchev–Trinajstić information content (AvgIpc) is 2.98. The Hall–Kier alpha value is -2.83.